The average Bonchev–Trinajstić information content (AvgIpc) is 2.50. The van der Waals surface area contributed by atoms with Gasteiger partial charge in [-0.3, -0.25) is 0 Å². The lowest BCUT2D eigenvalue weighted by Gasteiger charge is -2.37. The normalized spacial score (nSPS) is 17.7. The van der Waals surface area contributed by atoms with E-state index in [1.807, 2.05) is 6.92 Å². The van der Waals surface area contributed by atoms with Crippen LogP contribution in [-0.2, 0) is 12.8 Å². The zero-order chi connectivity index (χ0) is 15.0. The molecular formula is C17H22N4. The highest BCUT2D eigenvalue weighted by atomic mass is 15.2. The van der Waals surface area contributed by atoms with Crippen molar-refractivity contribution in [2.75, 3.05) is 10.6 Å². The van der Waals surface area contributed by atoms with Crippen LogP contribution in [0.3, 0.4) is 0 Å². The van der Waals surface area contributed by atoms with Gasteiger partial charge in [-0.05, 0) is 38.3 Å². The lowest BCUT2D eigenvalue weighted by Crippen LogP contribution is -2.34. The maximum Gasteiger partial charge on any atom is 0.142 e. The molecule has 2 heterocycles. The first-order chi connectivity index (χ1) is 10.1. The fourth-order valence-corrected chi connectivity index (χ4v) is 2.97. The minimum absolute atomic E-state index is 0.414. The van der Waals surface area contributed by atoms with Crippen molar-refractivity contribution in [2.24, 2.45) is 0 Å². The molecule has 1 unspecified atom stereocenters. The van der Waals surface area contributed by atoms with Crippen molar-refractivity contribution in [3.8, 4) is 0 Å². The number of para-hydroxylation sites is 1. The summed E-state index contributed by atoms with van der Waals surface area (Å²) >= 11 is 0. The molecule has 0 bridgehead atoms. The molecule has 0 saturated heterocycles. The Morgan fingerprint density at radius 1 is 1.29 bits per heavy atom. The largest absolute Gasteiger partial charge is 0.383 e. The molecule has 1 atom stereocenters. The first-order valence-corrected chi connectivity index (χ1v) is 7.62. The van der Waals surface area contributed by atoms with Crippen molar-refractivity contribution < 1.29 is 0 Å². The summed E-state index contributed by atoms with van der Waals surface area (Å²) in [4.78, 5) is 11.5. The van der Waals surface area contributed by atoms with Gasteiger partial charge in [-0.25, -0.2) is 9.97 Å². The van der Waals surface area contributed by atoms with Gasteiger partial charge in [0.25, 0.3) is 0 Å². The summed E-state index contributed by atoms with van der Waals surface area (Å²) < 4.78 is 0. The van der Waals surface area contributed by atoms with Crippen LogP contribution in [0.4, 0.5) is 17.3 Å². The average molecular weight is 282 g/mol. The van der Waals surface area contributed by atoms with E-state index in [0.29, 0.717) is 11.9 Å². The summed E-state index contributed by atoms with van der Waals surface area (Å²) in [5.74, 6) is 2.36. The number of rotatable bonds is 2. The summed E-state index contributed by atoms with van der Waals surface area (Å²) in [6.45, 7) is 6.31. The topological polar surface area (TPSA) is 55.0 Å². The third-order valence-corrected chi connectivity index (χ3v) is 4.27. The van der Waals surface area contributed by atoms with Crippen LogP contribution in [-0.4, -0.2) is 16.0 Å². The van der Waals surface area contributed by atoms with Gasteiger partial charge in [0.1, 0.15) is 17.5 Å². The lowest BCUT2D eigenvalue weighted by molar-refractivity contribution is 0.610. The van der Waals surface area contributed by atoms with Crippen LogP contribution in [0.25, 0.3) is 0 Å². The van der Waals surface area contributed by atoms with Crippen LogP contribution in [0, 0.1) is 6.92 Å². The van der Waals surface area contributed by atoms with Gasteiger partial charge >= 0.3 is 0 Å². The second-order valence-corrected chi connectivity index (χ2v) is 5.71. The van der Waals surface area contributed by atoms with E-state index in [2.05, 4.69) is 48.0 Å². The van der Waals surface area contributed by atoms with Gasteiger partial charge in [0, 0.05) is 23.7 Å². The molecule has 2 aromatic rings. The molecule has 3 rings (SSSR count). The predicted octanol–water partition coefficient (Wildman–Crippen LogP) is 3.40. The molecule has 0 amide bonds. The van der Waals surface area contributed by atoms with Gasteiger partial charge < -0.3 is 10.6 Å². The van der Waals surface area contributed by atoms with Crippen LogP contribution < -0.4 is 10.6 Å². The minimum Gasteiger partial charge on any atom is -0.383 e. The summed E-state index contributed by atoms with van der Waals surface area (Å²) in [5.41, 5.74) is 9.69. The lowest BCUT2D eigenvalue weighted by atomic mass is 9.96. The Bertz CT molecular complexity index is 666. The van der Waals surface area contributed by atoms with Gasteiger partial charge in [0.05, 0.1) is 0 Å². The van der Waals surface area contributed by atoms with Crippen LogP contribution in [0.5, 0.6) is 0 Å². The fraction of sp³-hybridized carbons (Fsp3) is 0.412. The molecule has 0 radical (unpaired) electrons. The first kappa shape index (κ1) is 13.9. The van der Waals surface area contributed by atoms with Crippen LogP contribution in [0.2, 0.25) is 0 Å². The molecule has 4 nitrogen and oxygen atoms in total. The van der Waals surface area contributed by atoms with Gasteiger partial charge in [-0.1, -0.05) is 25.1 Å². The molecule has 0 aliphatic carbocycles. The number of anilines is 3. The molecule has 1 aromatic heterocycles. The summed E-state index contributed by atoms with van der Waals surface area (Å²) in [6.07, 6.45) is 3.04. The molecule has 1 aromatic carbocycles. The smallest absolute Gasteiger partial charge is 0.142 e. The Hall–Kier alpha value is -2.10. The van der Waals surface area contributed by atoms with E-state index in [0.717, 1.165) is 36.5 Å². The zero-order valence-electron chi connectivity index (χ0n) is 12.9. The predicted molar refractivity (Wildman–Crippen MR) is 86.9 cm³/mol. The van der Waals surface area contributed by atoms with E-state index in [-0.39, 0.29) is 0 Å². The molecule has 2 N–H and O–H groups in total. The van der Waals surface area contributed by atoms with E-state index in [9.17, 15) is 0 Å². The number of nitrogens with two attached hydrogens (primary N) is 1. The molecule has 110 valence electrons. The molecule has 0 fully saturated rings. The summed E-state index contributed by atoms with van der Waals surface area (Å²) in [6, 6.07) is 8.98. The van der Waals surface area contributed by atoms with Crippen molar-refractivity contribution in [1.29, 1.82) is 0 Å². The van der Waals surface area contributed by atoms with Crippen molar-refractivity contribution in [2.45, 2.75) is 46.1 Å². The third kappa shape index (κ3) is 2.35. The highest BCUT2D eigenvalue weighted by Gasteiger charge is 2.27. The first-order valence-electron chi connectivity index (χ1n) is 7.62. The minimum atomic E-state index is 0.414. The molecule has 4 heteroatoms. The molecule has 0 saturated carbocycles. The quantitative estimate of drug-likeness (QED) is 0.917. The summed E-state index contributed by atoms with van der Waals surface area (Å²) in [5, 5.41) is 0. The van der Waals surface area contributed by atoms with Crippen molar-refractivity contribution in [3.63, 3.8) is 0 Å². The second kappa shape index (κ2) is 5.35. The molecule has 21 heavy (non-hydrogen) atoms. The van der Waals surface area contributed by atoms with Crippen molar-refractivity contribution in [3.05, 3.63) is 41.2 Å². The van der Waals surface area contributed by atoms with Crippen LogP contribution >= 0.6 is 0 Å². The molecule has 0 spiro atoms. The maximum atomic E-state index is 6.09. The van der Waals surface area contributed by atoms with Gasteiger partial charge in [0.2, 0.25) is 0 Å². The van der Waals surface area contributed by atoms with E-state index >= 15 is 0 Å². The Morgan fingerprint density at radius 2 is 2.05 bits per heavy atom. The molecular weight excluding hydrogens is 260 g/mol. The van der Waals surface area contributed by atoms with Crippen molar-refractivity contribution >= 4 is 17.3 Å². The Kier molecular flexibility index (Phi) is 3.53. The highest BCUT2D eigenvalue weighted by molar-refractivity contribution is 5.70. The highest BCUT2D eigenvalue weighted by Crippen LogP contribution is 2.38. The standard InChI is InChI=1S/C17H22N4/c1-4-15-19-16(18)12(3)17(20-15)21-11(2)9-10-13-7-5-6-8-14(13)21/h5-8,11H,4,9-10H2,1-3H3,(H2,18,19,20). The number of nitrogen functional groups attached to an aromatic ring is 1. The van der Waals surface area contributed by atoms with Crippen molar-refractivity contribution in [1.82, 2.24) is 9.97 Å². The van der Waals surface area contributed by atoms with Gasteiger partial charge in [-0.15, -0.1) is 0 Å². The summed E-state index contributed by atoms with van der Waals surface area (Å²) in [7, 11) is 0. The number of benzene rings is 1. The molecule has 1 aliphatic rings. The second-order valence-electron chi connectivity index (χ2n) is 5.71. The zero-order valence-corrected chi connectivity index (χ0v) is 12.9. The van der Waals surface area contributed by atoms with E-state index in [4.69, 9.17) is 10.7 Å². The van der Waals surface area contributed by atoms with E-state index in [1.165, 1.54) is 11.3 Å². The van der Waals surface area contributed by atoms with Gasteiger partial charge in [0.15, 0.2) is 0 Å². The number of nitrogens with zero attached hydrogens (tertiary/aromatic N) is 3. The van der Waals surface area contributed by atoms with Gasteiger partial charge in [-0.2, -0.15) is 0 Å². The third-order valence-electron chi connectivity index (χ3n) is 4.27. The Morgan fingerprint density at radius 3 is 2.81 bits per heavy atom. The maximum absolute atomic E-state index is 6.09. The number of hydrogen-bond donors (Lipinski definition) is 1. The van der Waals surface area contributed by atoms with E-state index < -0.39 is 0 Å². The van der Waals surface area contributed by atoms with E-state index in [1.54, 1.807) is 0 Å². The van der Waals surface area contributed by atoms with Crippen LogP contribution in [0.15, 0.2) is 24.3 Å². The fourth-order valence-electron chi connectivity index (χ4n) is 2.97. The van der Waals surface area contributed by atoms with Crippen LogP contribution in [0.1, 0.15) is 37.2 Å². The Labute approximate surface area is 126 Å². The molecule has 1 aliphatic heterocycles. The Balaban J connectivity index is 2.18. The number of fused-ring (bicyclic) bond motifs is 1. The SMILES string of the molecule is CCc1nc(N)c(C)c(N2c3ccccc3CCC2C)n1. The number of aryl methyl sites for hydroxylation is 2. The monoisotopic (exact) mass is 282 g/mol. The number of aromatic nitrogens is 2. The number of hydrogen-bond acceptors (Lipinski definition) is 4.